The van der Waals surface area contributed by atoms with E-state index in [1.165, 1.54) is 29.9 Å². The second-order valence-corrected chi connectivity index (χ2v) is 11.3. The van der Waals surface area contributed by atoms with Crippen LogP contribution in [0.1, 0.15) is 91.1 Å². The predicted octanol–water partition coefficient (Wildman–Crippen LogP) is 5.09. The van der Waals surface area contributed by atoms with E-state index < -0.39 is 17.1 Å². The van der Waals surface area contributed by atoms with E-state index in [9.17, 15) is 23.6 Å². The van der Waals surface area contributed by atoms with Gasteiger partial charge < -0.3 is 19.5 Å². The molecule has 212 valence electrons. The highest BCUT2D eigenvalue weighted by atomic mass is 19.1. The second kappa shape index (κ2) is 13.0. The third-order valence-electron chi connectivity index (χ3n) is 6.99. The van der Waals surface area contributed by atoms with Gasteiger partial charge >= 0.3 is 6.09 Å². The summed E-state index contributed by atoms with van der Waals surface area (Å²) in [6, 6.07) is 5.93. The van der Waals surface area contributed by atoms with Crippen LogP contribution in [0.3, 0.4) is 0 Å². The number of ketones is 1. The van der Waals surface area contributed by atoms with Crippen LogP contribution in [0.25, 0.3) is 0 Å². The van der Waals surface area contributed by atoms with Crippen molar-refractivity contribution in [2.24, 2.45) is 5.92 Å². The van der Waals surface area contributed by atoms with Crippen molar-refractivity contribution < 1.29 is 23.5 Å². The molecule has 1 fully saturated rings. The number of carbonyl (C=O) groups is 3. The lowest BCUT2D eigenvalue weighted by molar-refractivity contribution is 0.0180. The number of nitrogens with zero attached hydrogens (tertiary/aromatic N) is 2. The summed E-state index contributed by atoms with van der Waals surface area (Å²) in [7, 11) is 1.43. The molecule has 2 heterocycles. The number of halogens is 1. The topological polar surface area (TPSA) is 97.7 Å². The Bertz CT molecular complexity index is 1260. The van der Waals surface area contributed by atoms with E-state index in [1.54, 1.807) is 24.0 Å². The van der Waals surface area contributed by atoms with Crippen molar-refractivity contribution in [3.8, 4) is 0 Å². The Kier molecular flexibility index (Phi) is 10.1. The van der Waals surface area contributed by atoms with Crippen LogP contribution in [-0.4, -0.2) is 53.0 Å². The molecule has 1 aromatic carbocycles. The minimum absolute atomic E-state index is 0.0982. The summed E-state index contributed by atoms with van der Waals surface area (Å²) < 4.78 is 20.5. The predicted molar refractivity (Wildman–Crippen MR) is 148 cm³/mol. The first-order valence-corrected chi connectivity index (χ1v) is 13.6. The molecule has 2 aromatic rings. The Labute approximate surface area is 229 Å². The lowest BCUT2D eigenvalue weighted by Gasteiger charge is -2.33. The fraction of sp³-hybridized carbons (Fsp3) is 0.533. The number of benzene rings is 1. The molecule has 8 nitrogen and oxygen atoms in total. The Morgan fingerprint density at radius 1 is 1.10 bits per heavy atom. The maximum absolute atomic E-state index is 13.7. The number of aromatic nitrogens is 1. The summed E-state index contributed by atoms with van der Waals surface area (Å²) in [4.78, 5) is 52.4. The third-order valence-corrected chi connectivity index (χ3v) is 6.99. The zero-order chi connectivity index (χ0) is 28.7. The molecule has 39 heavy (non-hydrogen) atoms. The van der Waals surface area contributed by atoms with Crippen molar-refractivity contribution >= 4 is 17.8 Å². The number of amides is 2. The number of carbonyl (C=O) groups excluding carboxylic acids is 3. The van der Waals surface area contributed by atoms with Crippen LogP contribution in [0, 0.1) is 18.7 Å². The van der Waals surface area contributed by atoms with Crippen molar-refractivity contribution in [3.05, 3.63) is 68.9 Å². The summed E-state index contributed by atoms with van der Waals surface area (Å²) in [5, 5.41) is 2.46. The lowest BCUT2D eigenvalue weighted by atomic mass is 9.91. The minimum Gasteiger partial charge on any atom is -0.444 e. The molecule has 0 aliphatic carbocycles. The first-order valence-electron chi connectivity index (χ1n) is 13.6. The van der Waals surface area contributed by atoms with E-state index in [-0.39, 0.29) is 29.8 Å². The molecular weight excluding hydrogens is 501 g/mol. The van der Waals surface area contributed by atoms with Gasteiger partial charge in [0, 0.05) is 38.3 Å². The van der Waals surface area contributed by atoms with Crippen LogP contribution >= 0.6 is 0 Å². The van der Waals surface area contributed by atoms with Crippen LogP contribution in [0.15, 0.2) is 35.3 Å². The smallest absolute Gasteiger partial charge is 0.410 e. The lowest BCUT2D eigenvalue weighted by Crippen LogP contribution is -2.41. The van der Waals surface area contributed by atoms with Gasteiger partial charge in [0.05, 0.1) is 6.54 Å². The molecule has 1 saturated heterocycles. The van der Waals surface area contributed by atoms with Crippen LogP contribution in [0.5, 0.6) is 0 Å². The van der Waals surface area contributed by atoms with Gasteiger partial charge in [0.1, 0.15) is 17.0 Å². The number of rotatable bonds is 9. The number of likely N-dealkylation sites (tertiary alicyclic amines) is 1. The quantitative estimate of drug-likeness (QED) is 0.352. The molecule has 0 bridgehead atoms. The number of pyridine rings is 1. The molecule has 0 atom stereocenters. The van der Waals surface area contributed by atoms with Gasteiger partial charge in [0.2, 0.25) is 0 Å². The average Bonchev–Trinajstić information content (AvgIpc) is 2.88. The fourth-order valence-electron chi connectivity index (χ4n) is 4.80. The number of aryl methyl sites for hydroxylation is 1. The van der Waals surface area contributed by atoms with Crippen LogP contribution in [0.4, 0.5) is 9.18 Å². The molecule has 3 rings (SSSR count). The Morgan fingerprint density at radius 2 is 1.79 bits per heavy atom. The van der Waals surface area contributed by atoms with Gasteiger partial charge in [0.15, 0.2) is 5.78 Å². The molecule has 0 spiro atoms. The monoisotopic (exact) mass is 541 g/mol. The number of unbranched alkanes of at least 4 members (excludes halogenated alkanes) is 1. The van der Waals surface area contributed by atoms with Gasteiger partial charge in [0.25, 0.3) is 11.5 Å². The van der Waals surface area contributed by atoms with Gasteiger partial charge in [-0.2, -0.15) is 0 Å². The highest BCUT2D eigenvalue weighted by Gasteiger charge is 2.26. The Hall–Kier alpha value is -3.49. The Balaban J connectivity index is 1.57. The highest BCUT2D eigenvalue weighted by molar-refractivity contribution is 6.00. The molecule has 1 aliphatic rings. The van der Waals surface area contributed by atoms with Crippen molar-refractivity contribution in [2.45, 2.75) is 78.4 Å². The average molecular weight is 542 g/mol. The number of Topliss-reactive ketones (excluding diaryl/α,β-unsaturated/α-hetero) is 1. The molecule has 1 N–H and O–H groups in total. The minimum atomic E-state index is -0.559. The van der Waals surface area contributed by atoms with E-state index in [4.69, 9.17) is 4.74 Å². The second-order valence-electron chi connectivity index (χ2n) is 11.3. The van der Waals surface area contributed by atoms with Gasteiger partial charge in [-0.15, -0.1) is 0 Å². The summed E-state index contributed by atoms with van der Waals surface area (Å²) in [6.45, 7) is 8.69. The fourth-order valence-corrected chi connectivity index (χ4v) is 4.80. The van der Waals surface area contributed by atoms with Gasteiger partial charge in [-0.1, -0.05) is 25.0 Å². The molecule has 0 unspecified atom stereocenters. The molecule has 9 heteroatoms. The number of nitrogens with one attached hydrogen (secondary N) is 1. The van der Waals surface area contributed by atoms with Crippen molar-refractivity contribution in [1.82, 2.24) is 14.8 Å². The van der Waals surface area contributed by atoms with E-state index in [0.29, 0.717) is 48.5 Å². The SMILES string of the molecule is CNC(=O)c1cc(C(=O)CCCCC2CCN(C(=O)OC(C)(C)C)CC2)cn(Cc2ccc(F)c(C)c2)c1=O. The molecular formula is C30H40FN3O5. The van der Waals surface area contributed by atoms with Crippen molar-refractivity contribution in [2.75, 3.05) is 20.1 Å². The van der Waals surface area contributed by atoms with Crippen LogP contribution < -0.4 is 10.9 Å². The van der Waals surface area contributed by atoms with Gasteiger partial charge in [-0.3, -0.25) is 14.4 Å². The standard InChI is InChI=1S/C30H40FN3O5/c1-20-16-22(10-11-25(20)31)18-34-19-23(17-24(28(34)37)27(36)32-5)26(35)9-7-6-8-21-12-14-33(15-13-21)29(38)39-30(2,3)4/h10-11,16-17,19,21H,6-9,12-15,18H2,1-5H3,(H,32,36). The van der Waals surface area contributed by atoms with E-state index in [2.05, 4.69) is 5.32 Å². The maximum atomic E-state index is 13.7. The van der Waals surface area contributed by atoms with Crippen LogP contribution in [-0.2, 0) is 11.3 Å². The molecule has 1 aromatic heterocycles. The molecule has 1 aliphatic heterocycles. The third kappa shape index (κ3) is 8.50. The van der Waals surface area contributed by atoms with Crippen molar-refractivity contribution in [1.29, 1.82) is 0 Å². The number of piperidine rings is 1. The first kappa shape index (κ1) is 30.1. The normalized spacial score (nSPS) is 14.3. The summed E-state index contributed by atoms with van der Waals surface area (Å²) in [6.07, 6.45) is 5.89. The zero-order valence-corrected chi connectivity index (χ0v) is 23.6. The van der Waals surface area contributed by atoms with E-state index >= 15 is 0 Å². The number of ether oxygens (including phenoxy) is 1. The summed E-state index contributed by atoms with van der Waals surface area (Å²) >= 11 is 0. The highest BCUT2D eigenvalue weighted by Crippen LogP contribution is 2.24. The molecule has 0 radical (unpaired) electrons. The first-order chi connectivity index (χ1) is 18.4. The molecule has 0 saturated carbocycles. The van der Waals surface area contributed by atoms with Crippen molar-refractivity contribution in [3.63, 3.8) is 0 Å². The Morgan fingerprint density at radius 3 is 2.41 bits per heavy atom. The van der Waals surface area contributed by atoms with E-state index in [1.807, 2.05) is 20.8 Å². The van der Waals surface area contributed by atoms with Crippen LogP contribution in [0.2, 0.25) is 0 Å². The van der Waals surface area contributed by atoms with Gasteiger partial charge in [-0.25, -0.2) is 9.18 Å². The number of hydrogen-bond acceptors (Lipinski definition) is 5. The van der Waals surface area contributed by atoms with E-state index in [0.717, 1.165) is 25.7 Å². The number of hydrogen-bond donors (Lipinski definition) is 1. The molecule has 2 amide bonds. The maximum Gasteiger partial charge on any atom is 0.410 e. The largest absolute Gasteiger partial charge is 0.444 e. The van der Waals surface area contributed by atoms with Gasteiger partial charge in [-0.05, 0) is 76.1 Å². The zero-order valence-electron chi connectivity index (χ0n) is 23.6. The summed E-state index contributed by atoms with van der Waals surface area (Å²) in [5.74, 6) is -0.533. The summed E-state index contributed by atoms with van der Waals surface area (Å²) in [5.41, 5.74) is 0.340.